The van der Waals surface area contributed by atoms with Gasteiger partial charge in [-0.3, -0.25) is 13.9 Å². The van der Waals surface area contributed by atoms with E-state index in [0.717, 1.165) is 10.6 Å². The molecule has 7 nitrogen and oxygen atoms in total. The second kappa shape index (κ2) is 11.6. The van der Waals surface area contributed by atoms with Crippen LogP contribution in [0.3, 0.4) is 0 Å². The minimum Gasteiger partial charge on any atom is -0.350 e. The molecule has 2 aromatic carbocycles. The summed E-state index contributed by atoms with van der Waals surface area (Å²) in [6.45, 7) is 6.34. The van der Waals surface area contributed by atoms with Gasteiger partial charge in [0.25, 0.3) is 0 Å². The van der Waals surface area contributed by atoms with Gasteiger partial charge in [-0.1, -0.05) is 52.5 Å². The van der Waals surface area contributed by atoms with E-state index < -0.39 is 40.0 Å². The van der Waals surface area contributed by atoms with Crippen molar-refractivity contribution < 1.29 is 18.0 Å². The fraction of sp³-hybridized carbons (Fsp3) is 0.391. The highest BCUT2D eigenvalue weighted by Gasteiger charge is 2.32. The molecule has 0 radical (unpaired) electrons. The van der Waals surface area contributed by atoms with Crippen molar-refractivity contribution >= 4 is 73.9 Å². The maximum Gasteiger partial charge on any atom is 0.244 e. The first-order chi connectivity index (χ1) is 16.0. The molecular formula is C23H27Cl4N3O4S. The molecule has 1 unspecified atom stereocenters. The van der Waals surface area contributed by atoms with Crippen molar-refractivity contribution in [2.45, 2.75) is 45.8 Å². The largest absolute Gasteiger partial charge is 0.350 e. The zero-order valence-corrected chi connectivity index (χ0v) is 23.7. The first-order valence-corrected chi connectivity index (χ1v) is 13.8. The topological polar surface area (TPSA) is 86.8 Å². The third kappa shape index (κ3) is 8.43. The molecule has 0 fully saturated rings. The maximum absolute atomic E-state index is 13.5. The quantitative estimate of drug-likeness (QED) is 0.451. The van der Waals surface area contributed by atoms with Gasteiger partial charge in [0.2, 0.25) is 21.8 Å². The fourth-order valence-corrected chi connectivity index (χ4v) is 5.06. The highest BCUT2D eigenvalue weighted by molar-refractivity contribution is 7.92. The number of benzene rings is 2. The van der Waals surface area contributed by atoms with Crippen LogP contribution in [-0.2, 0) is 26.2 Å². The van der Waals surface area contributed by atoms with Crippen molar-refractivity contribution in [1.29, 1.82) is 0 Å². The summed E-state index contributed by atoms with van der Waals surface area (Å²) in [4.78, 5) is 27.8. The molecule has 2 rings (SSSR count). The molecule has 0 heterocycles. The van der Waals surface area contributed by atoms with Gasteiger partial charge in [-0.05, 0) is 63.6 Å². The van der Waals surface area contributed by atoms with E-state index in [1.165, 1.54) is 29.2 Å². The molecule has 1 N–H and O–H groups in total. The van der Waals surface area contributed by atoms with E-state index in [2.05, 4.69) is 5.32 Å². The van der Waals surface area contributed by atoms with E-state index in [1.54, 1.807) is 19.1 Å². The monoisotopic (exact) mass is 581 g/mol. The van der Waals surface area contributed by atoms with Crippen LogP contribution < -0.4 is 9.62 Å². The summed E-state index contributed by atoms with van der Waals surface area (Å²) in [6.07, 6.45) is 0.960. The van der Waals surface area contributed by atoms with Crippen LogP contribution in [0.2, 0.25) is 20.1 Å². The number of rotatable bonds is 8. The van der Waals surface area contributed by atoms with Gasteiger partial charge in [0.05, 0.1) is 17.0 Å². The Labute approximate surface area is 226 Å². The predicted octanol–water partition coefficient (Wildman–Crippen LogP) is 5.40. The molecule has 0 saturated carbocycles. The molecule has 0 bridgehead atoms. The summed E-state index contributed by atoms with van der Waals surface area (Å²) >= 11 is 24.5. The smallest absolute Gasteiger partial charge is 0.244 e. The number of carbonyl (C=O) groups is 2. The number of sulfonamides is 1. The average Bonchev–Trinajstić information content (AvgIpc) is 2.69. The van der Waals surface area contributed by atoms with Crippen molar-refractivity contribution in [1.82, 2.24) is 10.2 Å². The predicted molar refractivity (Wildman–Crippen MR) is 143 cm³/mol. The number of carbonyl (C=O) groups excluding carboxylic acids is 2. The molecule has 0 aromatic heterocycles. The first kappa shape index (κ1) is 29.5. The number of nitrogens with zero attached hydrogens (tertiary/aromatic N) is 2. The van der Waals surface area contributed by atoms with Crippen LogP contribution in [0.15, 0.2) is 36.4 Å². The van der Waals surface area contributed by atoms with E-state index in [-0.39, 0.29) is 17.3 Å². The lowest BCUT2D eigenvalue weighted by molar-refractivity contribution is -0.140. The van der Waals surface area contributed by atoms with Crippen molar-refractivity contribution in [3.05, 3.63) is 62.1 Å². The molecule has 0 aliphatic rings. The van der Waals surface area contributed by atoms with Crippen molar-refractivity contribution in [3.63, 3.8) is 0 Å². The third-order valence-corrected chi connectivity index (χ3v) is 7.13. The van der Waals surface area contributed by atoms with Gasteiger partial charge in [0.1, 0.15) is 12.6 Å². The molecule has 0 saturated heterocycles. The lowest BCUT2D eigenvalue weighted by Gasteiger charge is -2.33. The van der Waals surface area contributed by atoms with Crippen LogP contribution in [-0.4, -0.2) is 49.5 Å². The van der Waals surface area contributed by atoms with Gasteiger partial charge in [-0.2, -0.15) is 0 Å². The number of halogens is 4. The molecule has 0 aliphatic carbocycles. The Morgan fingerprint density at radius 2 is 1.51 bits per heavy atom. The van der Waals surface area contributed by atoms with Crippen LogP contribution >= 0.6 is 46.4 Å². The minimum absolute atomic E-state index is 0.0560. The van der Waals surface area contributed by atoms with Crippen LogP contribution in [0.4, 0.5) is 5.69 Å². The van der Waals surface area contributed by atoms with E-state index in [0.29, 0.717) is 20.6 Å². The molecule has 0 spiro atoms. The summed E-state index contributed by atoms with van der Waals surface area (Å²) < 4.78 is 26.1. The zero-order valence-electron chi connectivity index (χ0n) is 19.9. The SMILES string of the molecule is CC(C(=O)NC(C)(C)C)N(Cc1ccc(Cl)cc1Cl)C(=O)CN(c1ccc(Cl)cc1Cl)S(C)(=O)=O. The molecule has 1 atom stereocenters. The minimum atomic E-state index is -3.93. The second-order valence-electron chi connectivity index (χ2n) is 9.04. The van der Waals surface area contributed by atoms with Gasteiger partial charge in [-0.15, -0.1) is 0 Å². The Balaban J connectivity index is 2.47. The van der Waals surface area contributed by atoms with Crippen LogP contribution in [0.25, 0.3) is 0 Å². The van der Waals surface area contributed by atoms with Crippen LogP contribution in [0.1, 0.15) is 33.3 Å². The lowest BCUT2D eigenvalue weighted by Crippen LogP contribution is -2.54. The Kier molecular flexibility index (Phi) is 9.75. The van der Waals surface area contributed by atoms with Crippen LogP contribution in [0.5, 0.6) is 0 Å². The average molecular weight is 583 g/mol. The highest BCUT2D eigenvalue weighted by atomic mass is 35.5. The Bertz CT molecular complexity index is 1220. The number of anilines is 1. The van der Waals surface area contributed by atoms with Crippen molar-refractivity contribution in [2.75, 3.05) is 17.1 Å². The van der Waals surface area contributed by atoms with E-state index in [4.69, 9.17) is 46.4 Å². The lowest BCUT2D eigenvalue weighted by atomic mass is 10.1. The first-order valence-electron chi connectivity index (χ1n) is 10.5. The number of amides is 2. The summed E-state index contributed by atoms with van der Waals surface area (Å²) in [6, 6.07) is 8.09. The Morgan fingerprint density at radius 1 is 0.971 bits per heavy atom. The molecule has 35 heavy (non-hydrogen) atoms. The Hall–Kier alpha value is -1.71. The molecule has 0 aliphatic heterocycles. The standard InChI is InChI=1S/C23H27Cl4N3O4S/c1-14(22(32)28-23(2,3)4)29(12-15-6-7-16(24)10-18(15)26)21(31)13-30(35(5,33)34)20-9-8-17(25)11-19(20)27/h6-11,14H,12-13H2,1-5H3,(H,28,32). The van der Waals surface area contributed by atoms with Gasteiger partial charge in [0, 0.05) is 27.2 Å². The summed E-state index contributed by atoms with van der Waals surface area (Å²) in [5.41, 5.74) is 0.0755. The number of nitrogens with one attached hydrogen (secondary N) is 1. The molecule has 12 heteroatoms. The van der Waals surface area contributed by atoms with Gasteiger partial charge < -0.3 is 10.2 Å². The molecule has 192 valence electrons. The van der Waals surface area contributed by atoms with Gasteiger partial charge in [-0.25, -0.2) is 8.42 Å². The number of hydrogen-bond acceptors (Lipinski definition) is 4. The highest BCUT2D eigenvalue weighted by Crippen LogP contribution is 2.31. The number of hydrogen-bond donors (Lipinski definition) is 1. The zero-order chi connectivity index (χ0) is 26.7. The van der Waals surface area contributed by atoms with Crippen molar-refractivity contribution in [2.24, 2.45) is 0 Å². The van der Waals surface area contributed by atoms with E-state index >= 15 is 0 Å². The second-order valence-corrected chi connectivity index (χ2v) is 12.6. The summed E-state index contributed by atoms with van der Waals surface area (Å²) in [7, 11) is -3.93. The third-order valence-electron chi connectivity index (χ3n) is 4.88. The van der Waals surface area contributed by atoms with Gasteiger partial charge >= 0.3 is 0 Å². The normalized spacial score (nSPS) is 12.7. The van der Waals surface area contributed by atoms with E-state index in [1.807, 2.05) is 20.8 Å². The van der Waals surface area contributed by atoms with E-state index in [9.17, 15) is 18.0 Å². The summed E-state index contributed by atoms with van der Waals surface area (Å²) in [5.74, 6) is -1.05. The fourth-order valence-electron chi connectivity index (χ4n) is 3.17. The van der Waals surface area contributed by atoms with Crippen molar-refractivity contribution in [3.8, 4) is 0 Å². The maximum atomic E-state index is 13.5. The van der Waals surface area contributed by atoms with Crippen LogP contribution in [0, 0.1) is 0 Å². The van der Waals surface area contributed by atoms with Gasteiger partial charge in [0.15, 0.2) is 0 Å². The Morgan fingerprint density at radius 3 is 2.00 bits per heavy atom. The molecular weight excluding hydrogens is 556 g/mol. The summed E-state index contributed by atoms with van der Waals surface area (Å²) in [5, 5.41) is 3.92. The molecule has 2 amide bonds. The molecule has 2 aromatic rings.